The minimum atomic E-state index is -0.824. The fourth-order valence-electron chi connectivity index (χ4n) is 4.23. The van der Waals surface area contributed by atoms with Gasteiger partial charge in [-0.3, -0.25) is 14.9 Å². The SMILES string of the molecule is CCCC1N(C(=O)c2ccccc2C(N)=O)[C@]12NC(=O)OCC(C)(C)[C@@H]2C. The second-order valence-electron chi connectivity index (χ2n) is 8.13. The van der Waals surface area contributed by atoms with Crippen molar-refractivity contribution in [2.24, 2.45) is 17.1 Å². The molecule has 0 aromatic heterocycles. The first-order chi connectivity index (χ1) is 12.7. The van der Waals surface area contributed by atoms with Crippen molar-refractivity contribution in [3.05, 3.63) is 35.4 Å². The normalized spacial score (nSPS) is 28.9. The maximum absolute atomic E-state index is 13.4. The number of carbonyl (C=O) groups excluding carboxylic acids is 3. The Morgan fingerprint density at radius 2 is 1.93 bits per heavy atom. The van der Waals surface area contributed by atoms with Crippen molar-refractivity contribution in [3.63, 3.8) is 0 Å². The quantitative estimate of drug-likeness (QED) is 0.792. The number of rotatable bonds is 4. The molecule has 3 amide bonds. The van der Waals surface area contributed by atoms with Crippen LogP contribution < -0.4 is 11.1 Å². The van der Waals surface area contributed by atoms with Crippen LogP contribution in [0.25, 0.3) is 0 Å². The molecule has 2 aliphatic rings. The number of primary amides is 1. The van der Waals surface area contributed by atoms with E-state index in [0.29, 0.717) is 0 Å². The number of nitrogens with one attached hydrogen (secondary N) is 1. The Hall–Kier alpha value is -2.57. The van der Waals surface area contributed by atoms with Crippen LogP contribution in [0.4, 0.5) is 4.79 Å². The molecule has 1 spiro atoms. The molecule has 7 heteroatoms. The fourth-order valence-corrected chi connectivity index (χ4v) is 4.23. The molecule has 3 atom stereocenters. The topological polar surface area (TPSA) is 101 Å². The molecule has 3 rings (SSSR count). The predicted octanol–water partition coefficient (Wildman–Crippen LogP) is 2.51. The molecule has 27 heavy (non-hydrogen) atoms. The van der Waals surface area contributed by atoms with Crippen LogP contribution in [0.15, 0.2) is 24.3 Å². The van der Waals surface area contributed by atoms with E-state index in [9.17, 15) is 14.4 Å². The summed E-state index contributed by atoms with van der Waals surface area (Å²) in [6, 6.07) is 6.36. The molecule has 0 bridgehead atoms. The second-order valence-corrected chi connectivity index (χ2v) is 8.13. The first-order valence-electron chi connectivity index (χ1n) is 9.34. The maximum atomic E-state index is 13.4. The number of cyclic esters (lactones) is 1. The Kier molecular flexibility index (Phi) is 4.66. The highest BCUT2D eigenvalue weighted by Gasteiger charge is 2.71. The van der Waals surface area contributed by atoms with E-state index in [2.05, 4.69) is 5.32 Å². The van der Waals surface area contributed by atoms with Gasteiger partial charge in [-0.2, -0.15) is 0 Å². The van der Waals surface area contributed by atoms with Crippen molar-refractivity contribution >= 4 is 17.9 Å². The van der Waals surface area contributed by atoms with Gasteiger partial charge >= 0.3 is 6.09 Å². The maximum Gasteiger partial charge on any atom is 0.409 e. The van der Waals surface area contributed by atoms with E-state index in [1.165, 1.54) is 0 Å². The van der Waals surface area contributed by atoms with Gasteiger partial charge in [-0.1, -0.05) is 46.2 Å². The van der Waals surface area contributed by atoms with Crippen molar-refractivity contribution < 1.29 is 19.1 Å². The van der Waals surface area contributed by atoms with Crippen LogP contribution in [0.1, 0.15) is 61.3 Å². The van der Waals surface area contributed by atoms with Crippen LogP contribution in [0.5, 0.6) is 0 Å². The van der Waals surface area contributed by atoms with Gasteiger partial charge in [0.15, 0.2) is 0 Å². The third-order valence-corrected chi connectivity index (χ3v) is 6.06. The van der Waals surface area contributed by atoms with Crippen LogP contribution in [0.2, 0.25) is 0 Å². The summed E-state index contributed by atoms with van der Waals surface area (Å²) in [6.07, 6.45) is 1.08. The number of ether oxygens (including phenoxy) is 1. The summed E-state index contributed by atoms with van der Waals surface area (Å²) in [7, 11) is 0. The van der Waals surface area contributed by atoms with Crippen molar-refractivity contribution in [2.45, 2.75) is 52.2 Å². The lowest BCUT2D eigenvalue weighted by Crippen LogP contribution is -2.49. The largest absolute Gasteiger partial charge is 0.449 e. The number of hydrogen-bond donors (Lipinski definition) is 2. The molecule has 1 unspecified atom stereocenters. The minimum absolute atomic E-state index is 0.0438. The van der Waals surface area contributed by atoms with Crippen molar-refractivity contribution in [2.75, 3.05) is 6.61 Å². The lowest BCUT2D eigenvalue weighted by atomic mass is 9.75. The Balaban J connectivity index is 2.05. The van der Waals surface area contributed by atoms with Crippen LogP contribution in [-0.4, -0.2) is 41.1 Å². The van der Waals surface area contributed by atoms with Crippen LogP contribution in [0, 0.1) is 11.3 Å². The van der Waals surface area contributed by atoms with E-state index in [-0.39, 0.29) is 41.0 Å². The zero-order valence-electron chi connectivity index (χ0n) is 16.2. The number of hydrogen-bond acceptors (Lipinski definition) is 4. The molecule has 146 valence electrons. The molecule has 7 nitrogen and oxygen atoms in total. The summed E-state index contributed by atoms with van der Waals surface area (Å²) in [5.74, 6) is -0.992. The van der Waals surface area contributed by atoms with E-state index >= 15 is 0 Å². The summed E-state index contributed by atoms with van der Waals surface area (Å²) >= 11 is 0. The van der Waals surface area contributed by atoms with Crippen molar-refractivity contribution in [3.8, 4) is 0 Å². The Morgan fingerprint density at radius 3 is 2.52 bits per heavy atom. The Morgan fingerprint density at radius 1 is 1.30 bits per heavy atom. The van der Waals surface area contributed by atoms with Gasteiger partial charge in [-0.05, 0) is 18.6 Å². The summed E-state index contributed by atoms with van der Waals surface area (Å²) in [4.78, 5) is 39.1. The highest BCUT2D eigenvalue weighted by Crippen LogP contribution is 2.54. The summed E-state index contributed by atoms with van der Waals surface area (Å²) in [5, 5.41) is 2.95. The molecule has 1 aromatic rings. The number of benzene rings is 1. The van der Waals surface area contributed by atoms with Gasteiger partial charge in [0.25, 0.3) is 5.91 Å². The molecule has 3 N–H and O–H groups in total. The minimum Gasteiger partial charge on any atom is -0.449 e. The molecular formula is C20H27N3O4. The van der Waals surface area contributed by atoms with Gasteiger partial charge < -0.3 is 15.4 Å². The van der Waals surface area contributed by atoms with Gasteiger partial charge in [-0.15, -0.1) is 0 Å². The predicted molar refractivity (Wildman–Crippen MR) is 100.0 cm³/mol. The van der Waals surface area contributed by atoms with Gasteiger partial charge in [-0.25, -0.2) is 4.79 Å². The molecule has 0 saturated carbocycles. The molecule has 2 saturated heterocycles. The van der Waals surface area contributed by atoms with Crippen LogP contribution >= 0.6 is 0 Å². The number of carbonyl (C=O) groups is 3. The van der Waals surface area contributed by atoms with Gasteiger partial charge in [0.05, 0.1) is 23.8 Å². The highest BCUT2D eigenvalue weighted by molar-refractivity contribution is 6.08. The lowest BCUT2D eigenvalue weighted by molar-refractivity contribution is 0.0706. The van der Waals surface area contributed by atoms with Crippen LogP contribution in [0.3, 0.4) is 0 Å². The van der Waals surface area contributed by atoms with E-state index in [1.807, 2.05) is 27.7 Å². The third-order valence-electron chi connectivity index (χ3n) is 6.06. The zero-order valence-corrected chi connectivity index (χ0v) is 16.2. The zero-order chi connectivity index (χ0) is 20.0. The fraction of sp³-hybridized carbons (Fsp3) is 0.550. The van der Waals surface area contributed by atoms with E-state index in [4.69, 9.17) is 10.5 Å². The van der Waals surface area contributed by atoms with Crippen molar-refractivity contribution in [1.29, 1.82) is 0 Å². The monoisotopic (exact) mass is 373 g/mol. The molecule has 0 radical (unpaired) electrons. The first-order valence-corrected chi connectivity index (χ1v) is 9.34. The lowest BCUT2D eigenvalue weighted by Gasteiger charge is -2.33. The van der Waals surface area contributed by atoms with Gasteiger partial charge in [0, 0.05) is 11.3 Å². The molecule has 1 aromatic carbocycles. The summed E-state index contributed by atoms with van der Waals surface area (Å²) in [5.41, 5.74) is 4.75. The number of alkyl carbamates (subject to hydrolysis) is 1. The number of nitrogens with two attached hydrogens (primary N) is 1. The second kappa shape index (κ2) is 6.55. The van der Waals surface area contributed by atoms with Crippen LogP contribution in [-0.2, 0) is 4.74 Å². The first kappa shape index (κ1) is 19.2. The number of nitrogens with zero attached hydrogens (tertiary/aromatic N) is 1. The standard InChI is InChI=1S/C20H27N3O4/c1-5-8-15-20(12(2)19(3,4)11-27-18(26)22-20)23(15)17(25)14-10-7-6-9-13(14)16(21)24/h6-7,9-10,12,15H,5,8,11H2,1-4H3,(H2,21,24)(H,22,26)/t12-,15?,20-,23?/m0/s1. The molecule has 2 fully saturated rings. The van der Waals surface area contributed by atoms with E-state index in [1.54, 1.807) is 29.2 Å². The molecule has 0 aliphatic carbocycles. The highest BCUT2D eigenvalue weighted by atomic mass is 16.6. The van der Waals surface area contributed by atoms with E-state index < -0.39 is 17.7 Å². The average Bonchev–Trinajstić information content (AvgIpc) is 3.27. The Bertz CT molecular complexity index is 791. The molecular weight excluding hydrogens is 346 g/mol. The number of amides is 3. The Labute approximate surface area is 159 Å². The molecule has 2 aliphatic heterocycles. The summed E-state index contributed by atoms with van der Waals surface area (Å²) in [6.45, 7) is 8.41. The van der Waals surface area contributed by atoms with Crippen molar-refractivity contribution in [1.82, 2.24) is 10.2 Å². The van der Waals surface area contributed by atoms with E-state index in [0.717, 1.165) is 12.8 Å². The average molecular weight is 373 g/mol. The molecule has 2 heterocycles. The van der Waals surface area contributed by atoms with Gasteiger partial charge in [0.2, 0.25) is 5.91 Å². The smallest absolute Gasteiger partial charge is 0.409 e. The summed E-state index contributed by atoms with van der Waals surface area (Å²) < 4.78 is 5.32. The van der Waals surface area contributed by atoms with Gasteiger partial charge in [0.1, 0.15) is 5.66 Å². The third kappa shape index (κ3) is 2.95.